The highest BCUT2D eigenvalue weighted by Gasteiger charge is 2.03. The van der Waals surface area contributed by atoms with Crippen LogP contribution in [0.25, 0.3) is 5.69 Å². The van der Waals surface area contributed by atoms with Gasteiger partial charge in [-0.1, -0.05) is 0 Å². The van der Waals surface area contributed by atoms with Crippen LogP contribution in [0.2, 0.25) is 0 Å². The minimum Gasteiger partial charge on any atom is -0.248 e. The van der Waals surface area contributed by atoms with Crippen molar-refractivity contribution in [1.82, 2.24) is 19.3 Å². The molecule has 0 aliphatic carbocycles. The fourth-order valence-electron chi connectivity index (χ4n) is 1.07. The topological polar surface area (TPSA) is 52.7 Å². The molecule has 0 saturated heterocycles. The maximum atomic E-state index is 11.5. The van der Waals surface area contributed by atoms with E-state index in [2.05, 4.69) is 26.0 Å². The van der Waals surface area contributed by atoms with Crippen LogP contribution >= 0.6 is 15.9 Å². The first-order chi connectivity index (χ1) is 6.68. The van der Waals surface area contributed by atoms with E-state index in [9.17, 15) is 4.79 Å². The molecule has 0 fully saturated rings. The number of nitrogens with zero attached hydrogens (tertiary/aromatic N) is 4. The van der Waals surface area contributed by atoms with Gasteiger partial charge in [-0.05, 0) is 28.1 Å². The van der Waals surface area contributed by atoms with Crippen LogP contribution in [0.4, 0.5) is 0 Å². The number of hydrogen-bond acceptors (Lipinski definition) is 3. The van der Waals surface area contributed by atoms with Gasteiger partial charge < -0.3 is 0 Å². The standard InChI is InChI=1S/C8H7BrN4O/c1-12-8(14)13(5-11-12)6-2-3-7(9)10-4-6/h2-5H,1H3. The van der Waals surface area contributed by atoms with Gasteiger partial charge in [-0.3, -0.25) is 0 Å². The van der Waals surface area contributed by atoms with E-state index in [0.717, 1.165) is 4.60 Å². The summed E-state index contributed by atoms with van der Waals surface area (Å²) in [6, 6.07) is 3.56. The number of hydrogen-bond donors (Lipinski definition) is 0. The fourth-order valence-corrected chi connectivity index (χ4v) is 1.31. The van der Waals surface area contributed by atoms with E-state index in [1.54, 1.807) is 25.4 Å². The summed E-state index contributed by atoms with van der Waals surface area (Å²) in [5.74, 6) is 0. The molecule has 0 spiro atoms. The summed E-state index contributed by atoms with van der Waals surface area (Å²) in [6.45, 7) is 0. The molecule has 0 bridgehead atoms. The second-order valence-corrected chi connectivity index (χ2v) is 3.56. The minimum atomic E-state index is -0.186. The molecule has 72 valence electrons. The lowest BCUT2D eigenvalue weighted by atomic mass is 10.4. The minimum absolute atomic E-state index is 0.186. The Kier molecular flexibility index (Phi) is 2.20. The number of rotatable bonds is 1. The van der Waals surface area contributed by atoms with Gasteiger partial charge in [0, 0.05) is 7.05 Å². The Labute approximate surface area is 88.1 Å². The second kappa shape index (κ2) is 3.38. The molecule has 0 N–H and O–H groups in total. The third-order valence-corrected chi connectivity index (χ3v) is 2.28. The van der Waals surface area contributed by atoms with Gasteiger partial charge in [-0.25, -0.2) is 19.0 Å². The Balaban J connectivity index is 2.55. The molecular weight excluding hydrogens is 248 g/mol. The Hall–Kier alpha value is -1.43. The largest absolute Gasteiger partial charge is 0.350 e. The van der Waals surface area contributed by atoms with Gasteiger partial charge >= 0.3 is 5.69 Å². The van der Waals surface area contributed by atoms with Crippen LogP contribution in [0.3, 0.4) is 0 Å². The summed E-state index contributed by atoms with van der Waals surface area (Å²) in [6.07, 6.45) is 3.07. The monoisotopic (exact) mass is 254 g/mol. The lowest BCUT2D eigenvalue weighted by molar-refractivity contribution is 0.725. The van der Waals surface area contributed by atoms with Crippen LogP contribution in [-0.2, 0) is 7.05 Å². The van der Waals surface area contributed by atoms with Gasteiger partial charge in [0.05, 0.1) is 11.9 Å². The highest BCUT2D eigenvalue weighted by molar-refractivity contribution is 9.10. The van der Waals surface area contributed by atoms with Gasteiger partial charge in [0.25, 0.3) is 0 Å². The van der Waals surface area contributed by atoms with Crippen LogP contribution in [0.5, 0.6) is 0 Å². The molecule has 0 aromatic carbocycles. The van der Waals surface area contributed by atoms with Crippen molar-refractivity contribution in [2.45, 2.75) is 0 Å². The first-order valence-corrected chi connectivity index (χ1v) is 4.70. The van der Waals surface area contributed by atoms with Crippen molar-refractivity contribution in [3.05, 3.63) is 39.7 Å². The average Bonchev–Trinajstić information content (AvgIpc) is 2.50. The van der Waals surface area contributed by atoms with Gasteiger partial charge in [0.1, 0.15) is 10.9 Å². The Morgan fingerprint density at radius 1 is 1.43 bits per heavy atom. The average molecular weight is 255 g/mol. The molecule has 0 saturated carbocycles. The fraction of sp³-hybridized carbons (Fsp3) is 0.125. The zero-order valence-corrected chi connectivity index (χ0v) is 8.97. The van der Waals surface area contributed by atoms with E-state index in [0.29, 0.717) is 5.69 Å². The molecule has 5 nitrogen and oxygen atoms in total. The van der Waals surface area contributed by atoms with E-state index in [4.69, 9.17) is 0 Å². The Morgan fingerprint density at radius 3 is 2.71 bits per heavy atom. The Morgan fingerprint density at radius 2 is 2.21 bits per heavy atom. The van der Waals surface area contributed by atoms with Gasteiger partial charge in [-0.15, -0.1) is 0 Å². The zero-order valence-electron chi connectivity index (χ0n) is 7.38. The summed E-state index contributed by atoms with van der Waals surface area (Å²) in [7, 11) is 1.60. The van der Waals surface area contributed by atoms with E-state index < -0.39 is 0 Å². The zero-order chi connectivity index (χ0) is 10.1. The van der Waals surface area contributed by atoms with Gasteiger partial charge in [0.2, 0.25) is 0 Å². The Bertz CT molecular complexity index is 499. The number of aryl methyl sites for hydroxylation is 1. The van der Waals surface area contributed by atoms with Gasteiger partial charge in [-0.2, -0.15) is 5.10 Å². The van der Waals surface area contributed by atoms with Crippen LogP contribution in [0.1, 0.15) is 0 Å². The summed E-state index contributed by atoms with van der Waals surface area (Å²) in [5.41, 5.74) is 0.514. The summed E-state index contributed by atoms with van der Waals surface area (Å²) in [4.78, 5) is 15.5. The van der Waals surface area contributed by atoms with E-state index in [1.807, 2.05) is 0 Å². The molecule has 2 rings (SSSR count). The van der Waals surface area contributed by atoms with Crippen molar-refractivity contribution in [2.24, 2.45) is 7.05 Å². The molecule has 14 heavy (non-hydrogen) atoms. The van der Waals surface area contributed by atoms with Crippen LogP contribution in [0, 0.1) is 0 Å². The SMILES string of the molecule is Cn1ncn(-c2ccc(Br)nc2)c1=O. The predicted octanol–water partition coefficient (Wildman–Crippen LogP) is 0.728. The molecule has 0 amide bonds. The van der Waals surface area contributed by atoms with Crippen molar-refractivity contribution in [2.75, 3.05) is 0 Å². The first-order valence-electron chi connectivity index (χ1n) is 3.91. The number of halogens is 1. The van der Waals surface area contributed by atoms with Gasteiger partial charge in [0.15, 0.2) is 0 Å². The van der Waals surface area contributed by atoms with E-state index in [1.165, 1.54) is 15.6 Å². The lowest BCUT2D eigenvalue weighted by Gasteiger charge is -1.98. The summed E-state index contributed by atoms with van der Waals surface area (Å²) < 4.78 is 3.43. The highest BCUT2D eigenvalue weighted by Crippen LogP contribution is 2.08. The maximum absolute atomic E-state index is 11.5. The number of aromatic nitrogens is 4. The smallest absolute Gasteiger partial charge is 0.248 e. The van der Waals surface area contributed by atoms with Crippen molar-refractivity contribution < 1.29 is 0 Å². The maximum Gasteiger partial charge on any atom is 0.350 e. The molecular formula is C8H7BrN4O. The van der Waals surface area contributed by atoms with E-state index >= 15 is 0 Å². The lowest BCUT2D eigenvalue weighted by Crippen LogP contribution is -2.21. The molecule has 0 aliphatic heterocycles. The van der Waals surface area contributed by atoms with Crippen LogP contribution in [-0.4, -0.2) is 19.3 Å². The first kappa shape index (κ1) is 9.14. The normalized spacial score (nSPS) is 10.4. The quantitative estimate of drug-likeness (QED) is 0.706. The molecule has 0 radical (unpaired) electrons. The van der Waals surface area contributed by atoms with Crippen molar-refractivity contribution in [1.29, 1.82) is 0 Å². The van der Waals surface area contributed by atoms with Crippen LogP contribution in [0.15, 0.2) is 34.1 Å². The third-order valence-electron chi connectivity index (χ3n) is 1.81. The molecule has 2 aromatic rings. The second-order valence-electron chi connectivity index (χ2n) is 2.75. The predicted molar refractivity (Wildman–Crippen MR) is 54.3 cm³/mol. The third kappa shape index (κ3) is 1.48. The summed E-state index contributed by atoms with van der Waals surface area (Å²) >= 11 is 3.22. The molecule has 2 heterocycles. The van der Waals surface area contributed by atoms with Crippen molar-refractivity contribution in [3.63, 3.8) is 0 Å². The summed E-state index contributed by atoms with van der Waals surface area (Å²) in [5, 5.41) is 3.84. The van der Waals surface area contributed by atoms with Crippen molar-refractivity contribution >= 4 is 15.9 Å². The molecule has 6 heteroatoms. The number of pyridine rings is 1. The molecule has 0 unspecified atom stereocenters. The molecule has 0 atom stereocenters. The molecule has 2 aromatic heterocycles. The molecule has 0 aliphatic rings. The van der Waals surface area contributed by atoms with Crippen molar-refractivity contribution in [3.8, 4) is 5.69 Å². The van der Waals surface area contributed by atoms with Crippen LogP contribution < -0.4 is 5.69 Å². The van der Waals surface area contributed by atoms with E-state index in [-0.39, 0.29) is 5.69 Å². The highest BCUT2D eigenvalue weighted by atomic mass is 79.9.